The zero-order valence-electron chi connectivity index (χ0n) is 7.56. The van der Waals surface area contributed by atoms with Gasteiger partial charge in [-0.1, -0.05) is 0 Å². The summed E-state index contributed by atoms with van der Waals surface area (Å²) in [5.74, 6) is -0.157. The molecule has 0 radical (unpaired) electrons. The summed E-state index contributed by atoms with van der Waals surface area (Å²) in [5, 5.41) is 3.59. The van der Waals surface area contributed by atoms with Gasteiger partial charge >= 0.3 is 0 Å². The molecule has 72 valence electrons. The van der Waals surface area contributed by atoms with Gasteiger partial charge in [-0.3, -0.25) is 4.79 Å². The van der Waals surface area contributed by atoms with E-state index in [1.165, 1.54) is 4.88 Å². The second-order valence-corrected chi connectivity index (χ2v) is 4.21. The number of nitrogens with zero attached hydrogens (tertiary/aromatic N) is 1. The molecule has 0 aliphatic heterocycles. The molecule has 0 saturated heterocycles. The normalized spacial score (nSPS) is 10.1. The fourth-order valence-electron chi connectivity index (χ4n) is 0.836. The predicted molar refractivity (Wildman–Crippen MR) is 54.2 cm³/mol. The number of rotatable bonds is 3. The van der Waals surface area contributed by atoms with Crippen molar-refractivity contribution in [2.45, 2.75) is 20.4 Å². The van der Waals surface area contributed by atoms with E-state index in [1.807, 2.05) is 13.8 Å². The molecule has 0 aliphatic rings. The lowest BCUT2D eigenvalue weighted by atomic mass is 10.4. The average Bonchev–Trinajstić information content (AvgIpc) is 2.42. The summed E-state index contributed by atoms with van der Waals surface area (Å²) in [6.45, 7) is 4.45. The number of hydrogen-bond acceptors (Lipinski definition) is 3. The molecule has 1 amide bonds. The molecule has 0 aliphatic carbocycles. The highest BCUT2D eigenvalue weighted by Crippen LogP contribution is 2.15. The van der Waals surface area contributed by atoms with E-state index in [1.54, 1.807) is 11.3 Å². The number of nitrogens with one attached hydrogen (secondary N) is 1. The minimum Gasteiger partial charge on any atom is -0.349 e. The zero-order valence-corrected chi connectivity index (χ0v) is 9.13. The molecule has 0 saturated carbocycles. The third-order valence-corrected chi connectivity index (χ3v) is 2.95. The highest BCUT2D eigenvalue weighted by molar-refractivity contribution is 7.11. The summed E-state index contributed by atoms with van der Waals surface area (Å²) in [7, 11) is 0. The van der Waals surface area contributed by atoms with Crippen molar-refractivity contribution in [1.82, 2.24) is 10.3 Å². The third kappa shape index (κ3) is 2.97. The van der Waals surface area contributed by atoms with Gasteiger partial charge in [0.05, 0.1) is 12.2 Å². The van der Waals surface area contributed by atoms with Crippen molar-refractivity contribution >= 4 is 28.8 Å². The van der Waals surface area contributed by atoms with Gasteiger partial charge in [-0.15, -0.1) is 22.9 Å². The summed E-state index contributed by atoms with van der Waals surface area (Å²) < 4.78 is 0. The van der Waals surface area contributed by atoms with Crippen LogP contribution in [0.5, 0.6) is 0 Å². The Kier molecular flexibility index (Phi) is 3.69. The molecule has 1 rings (SSSR count). The van der Waals surface area contributed by atoms with Gasteiger partial charge in [0.1, 0.15) is 10.9 Å². The number of alkyl halides is 1. The molecule has 1 aromatic heterocycles. The second kappa shape index (κ2) is 4.58. The molecular formula is C8H11ClN2OS. The van der Waals surface area contributed by atoms with Gasteiger partial charge in [-0.2, -0.15) is 0 Å². The Morgan fingerprint density at radius 2 is 2.31 bits per heavy atom. The van der Waals surface area contributed by atoms with E-state index in [4.69, 9.17) is 11.6 Å². The van der Waals surface area contributed by atoms with Gasteiger partial charge in [-0.25, -0.2) is 4.98 Å². The molecule has 0 fully saturated rings. The number of halogens is 1. The minimum atomic E-state index is -0.160. The van der Waals surface area contributed by atoms with Crippen LogP contribution in [-0.2, 0) is 11.3 Å². The van der Waals surface area contributed by atoms with Crippen LogP contribution < -0.4 is 5.32 Å². The fraction of sp³-hybridized carbons (Fsp3) is 0.500. The van der Waals surface area contributed by atoms with Gasteiger partial charge < -0.3 is 5.32 Å². The average molecular weight is 219 g/mol. The molecule has 1 aromatic rings. The van der Waals surface area contributed by atoms with E-state index in [0.29, 0.717) is 6.54 Å². The highest BCUT2D eigenvalue weighted by atomic mass is 35.5. The lowest BCUT2D eigenvalue weighted by Gasteiger charge is -1.97. The van der Waals surface area contributed by atoms with Crippen molar-refractivity contribution in [1.29, 1.82) is 0 Å². The monoisotopic (exact) mass is 218 g/mol. The third-order valence-electron chi connectivity index (χ3n) is 1.63. The van der Waals surface area contributed by atoms with Crippen LogP contribution in [0.4, 0.5) is 0 Å². The van der Waals surface area contributed by atoms with Crippen molar-refractivity contribution in [2.24, 2.45) is 0 Å². The molecule has 3 nitrogen and oxygen atoms in total. The second-order valence-electron chi connectivity index (χ2n) is 2.66. The number of thiazole rings is 1. The molecule has 0 unspecified atom stereocenters. The number of amides is 1. The molecule has 0 bridgehead atoms. The number of aromatic nitrogens is 1. The Balaban J connectivity index is 2.50. The first-order valence-electron chi connectivity index (χ1n) is 3.89. The first kappa shape index (κ1) is 10.5. The van der Waals surface area contributed by atoms with Crippen LogP contribution in [0.1, 0.15) is 15.6 Å². The number of hydrogen-bond donors (Lipinski definition) is 1. The summed E-state index contributed by atoms with van der Waals surface area (Å²) in [5.41, 5.74) is 1.03. The largest absolute Gasteiger partial charge is 0.349 e. The minimum absolute atomic E-state index is 0.00331. The summed E-state index contributed by atoms with van der Waals surface area (Å²) in [6.07, 6.45) is 0. The van der Waals surface area contributed by atoms with E-state index in [-0.39, 0.29) is 11.8 Å². The molecule has 13 heavy (non-hydrogen) atoms. The van der Waals surface area contributed by atoms with Gasteiger partial charge in [-0.05, 0) is 13.8 Å². The van der Waals surface area contributed by atoms with Crippen LogP contribution >= 0.6 is 22.9 Å². The Bertz CT molecular complexity index is 292. The summed E-state index contributed by atoms with van der Waals surface area (Å²) >= 11 is 6.92. The van der Waals surface area contributed by atoms with Crippen LogP contribution in [0.2, 0.25) is 0 Å². The first-order chi connectivity index (χ1) is 6.13. The van der Waals surface area contributed by atoms with Crippen LogP contribution in [-0.4, -0.2) is 16.8 Å². The van der Waals surface area contributed by atoms with Gasteiger partial charge in [0, 0.05) is 4.88 Å². The van der Waals surface area contributed by atoms with Crippen LogP contribution in [0, 0.1) is 13.8 Å². The molecular weight excluding hydrogens is 208 g/mol. The molecule has 0 atom stereocenters. The van der Waals surface area contributed by atoms with E-state index >= 15 is 0 Å². The smallest absolute Gasteiger partial charge is 0.235 e. The maximum absolute atomic E-state index is 10.8. The Hall–Kier alpha value is -0.610. The maximum atomic E-state index is 10.8. The van der Waals surface area contributed by atoms with Gasteiger partial charge in [0.2, 0.25) is 5.91 Å². The van der Waals surface area contributed by atoms with E-state index in [0.717, 1.165) is 10.7 Å². The Morgan fingerprint density at radius 3 is 2.77 bits per heavy atom. The van der Waals surface area contributed by atoms with Crippen molar-refractivity contribution < 1.29 is 4.79 Å². The van der Waals surface area contributed by atoms with E-state index in [2.05, 4.69) is 10.3 Å². The first-order valence-corrected chi connectivity index (χ1v) is 5.24. The molecule has 0 aromatic carbocycles. The topological polar surface area (TPSA) is 42.0 Å². The van der Waals surface area contributed by atoms with Gasteiger partial charge in [0.25, 0.3) is 0 Å². The highest BCUT2D eigenvalue weighted by Gasteiger charge is 2.04. The molecule has 1 N–H and O–H groups in total. The van der Waals surface area contributed by atoms with Crippen LogP contribution in [0.15, 0.2) is 0 Å². The number of carbonyl (C=O) groups is 1. The molecule has 1 heterocycles. The standard InChI is InChI=1S/C8H11ClN2OS/c1-5-6(2)13-8(11-5)4-10-7(12)3-9/h3-4H2,1-2H3,(H,10,12). The van der Waals surface area contributed by atoms with Crippen LogP contribution in [0.3, 0.4) is 0 Å². The molecule has 5 heteroatoms. The van der Waals surface area contributed by atoms with E-state index in [9.17, 15) is 4.79 Å². The predicted octanol–water partition coefficient (Wildman–Crippen LogP) is 1.61. The number of carbonyl (C=O) groups excluding carboxylic acids is 1. The van der Waals surface area contributed by atoms with Crippen molar-refractivity contribution in [2.75, 3.05) is 5.88 Å². The quantitative estimate of drug-likeness (QED) is 0.784. The zero-order chi connectivity index (χ0) is 9.84. The fourth-order valence-corrected chi connectivity index (χ4v) is 1.80. The SMILES string of the molecule is Cc1nc(CNC(=O)CCl)sc1C. The van der Waals surface area contributed by atoms with Crippen LogP contribution in [0.25, 0.3) is 0 Å². The Morgan fingerprint density at radius 1 is 1.62 bits per heavy atom. The summed E-state index contributed by atoms with van der Waals surface area (Å²) in [6, 6.07) is 0. The lowest BCUT2D eigenvalue weighted by molar-refractivity contribution is -0.118. The molecule has 0 spiro atoms. The summed E-state index contributed by atoms with van der Waals surface area (Å²) in [4.78, 5) is 16.3. The van der Waals surface area contributed by atoms with Crippen molar-refractivity contribution in [3.8, 4) is 0 Å². The van der Waals surface area contributed by atoms with Crippen molar-refractivity contribution in [3.05, 3.63) is 15.6 Å². The van der Waals surface area contributed by atoms with Crippen molar-refractivity contribution in [3.63, 3.8) is 0 Å². The lowest BCUT2D eigenvalue weighted by Crippen LogP contribution is -2.23. The maximum Gasteiger partial charge on any atom is 0.235 e. The Labute approximate surface area is 86.1 Å². The van der Waals surface area contributed by atoms with Gasteiger partial charge in [0.15, 0.2) is 0 Å². The number of aryl methyl sites for hydroxylation is 2. The van der Waals surface area contributed by atoms with E-state index < -0.39 is 0 Å².